The lowest BCUT2D eigenvalue weighted by molar-refractivity contribution is -0.118. The standard InChI is InChI=1S/C12H15NO2/c1-4-12(15)13(3)11-7-5-6-10(8-11)9(2)14/h5-8H,4H2,1-3H3. The van der Waals surface area contributed by atoms with Crippen LogP contribution >= 0.6 is 0 Å². The molecule has 3 heteroatoms. The molecule has 1 amide bonds. The summed E-state index contributed by atoms with van der Waals surface area (Å²) >= 11 is 0. The summed E-state index contributed by atoms with van der Waals surface area (Å²) in [5, 5.41) is 0. The molecule has 15 heavy (non-hydrogen) atoms. The fraction of sp³-hybridized carbons (Fsp3) is 0.333. The molecule has 80 valence electrons. The number of Topliss-reactive ketones (excluding diaryl/α,β-unsaturated/α-hetero) is 1. The maximum atomic E-state index is 11.4. The molecule has 0 aliphatic rings. The number of ketones is 1. The number of nitrogens with zero attached hydrogens (tertiary/aromatic N) is 1. The smallest absolute Gasteiger partial charge is 0.226 e. The number of rotatable bonds is 3. The van der Waals surface area contributed by atoms with Crippen molar-refractivity contribution in [3.8, 4) is 0 Å². The number of anilines is 1. The summed E-state index contributed by atoms with van der Waals surface area (Å²) in [6.07, 6.45) is 0.459. The Morgan fingerprint density at radius 3 is 2.53 bits per heavy atom. The first-order chi connectivity index (χ1) is 7.06. The third kappa shape index (κ3) is 2.65. The van der Waals surface area contributed by atoms with E-state index in [1.54, 1.807) is 30.1 Å². The molecule has 0 saturated heterocycles. The van der Waals surface area contributed by atoms with E-state index in [1.165, 1.54) is 6.92 Å². The highest BCUT2D eigenvalue weighted by Gasteiger charge is 2.09. The molecule has 0 bridgehead atoms. The van der Waals surface area contributed by atoms with Crippen LogP contribution in [0.4, 0.5) is 5.69 Å². The predicted molar refractivity (Wildman–Crippen MR) is 60.1 cm³/mol. The Labute approximate surface area is 89.7 Å². The Kier molecular flexibility index (Phi) is 3.61. The number of benzene rings is 1. The number of hydrogen-bond donors (Lipinski definition) is 0. The summed E-state index contributed by atoms with van der Waals surface area (Å²) < 4.78 is 0. The third-order valence-corrected chi connectivity index (χ3v) is 2.32. The van der Waals surface area contributed by atoms with Crippen LogP contribution in [0, 0.1) is 0 Å². The van der Waals surface area contributed by atoms with Gasteiger partial charge < -0.3 is 4.90 Å². The van der Waals surface area contributed by atoms with Gasteiger partial charge in [-0.25, -0.2) is 0 Å². The largest absolute Gasteiger partial charge is 0.315 e. The van der Waals surface area contributed by atoms with Crippen molar-refractivity contribution in [2.24, 2.45) is 0 Å². The van der Waals surface area contributed by atoms with E-state index in [9.17, 15) is 9.59 Å². The van der Waals surface area contributed by atoms with Crippen LogP contribution in [0.5, 0.6) is 0 Å². The van der Waals surface area contributed by atoms with Crippen molar-refractivity contribution < 1.29 is 9.59 Å². The fourth-order valence-electron chi connectivity index (χ4n) is 1.31. The maximum absolute atomic E-state index is 11.4. The van der Waals surface area contributed by atoms with E-state index >= 15 is 0 Å². The molecule has 3 nitrogen and oxygen atoms in total. The van der Waals surface area contributed by atoms with Gasteiger partial charge in [-0.1, -0.05) is 19.1 Å². The van der Waals surface area contributed by atoms with Gasteiger partial charge in [0, 0.05) is 24.7 Å². The highest BCUT2D eigenvalue weighted by atomic mass is 16.2. The second-order valence-electron chi connectivity index (χ2n) is 3.41. The summed E-state index contributed by atoms with van der Waals surface area (Å²) in [6.45, 7) is 3.33. The predicted octanol–water partition coefficient (Wildman–Crippen LogP) is 2.26. The number of amides is 1. The molecular weight excluding hydrogens is 190 g/mol. The molecule has 0 saturated carbocycles. The van der Waals surface area contributed by atoms with Gasteiger partial charge in [0.1, 0.15) is 0 Å². The zero-order valence-electron chi connectivity index (χ0n) is 9.28. The number of carbonyl (C=O) groups excluding carboxylic acids is 2. The Bertz CT molecular complexity index is 385. The highest BCUT2D eigenvalue weighted by Crippen LogP contribution is 2.15. The first kappa shape index (κ1) is 11.4. The van der Waals surface area contributed by atoms with E-state index in [1.807, 2.05) is 13.0 Å². The van der Waals surface area contributed by atoms with Crippen molar-refractivity contribution in [1.29, 1.82) is 0 Å². The van der Waals surface area contributed by atoms with E-state index in [-0.39, 0.29) is 11.7 Å². The first-order valence-electron chi connectivity index (χ1n) is 4.93. The highest BCUT2D eigenvalue weighted by molar-refractivity contribution is 5.97. The van der Waals surface area contributed by atoms with Gasteiger partial charge in [-0.2, -0.15) is 0 Å². The minimum absolute atomic E-state index is 0.00852. The summed E-state index contributed by atoms with van der Waals surface area (Å²) in [5.41, 5.74) is 1.39. The van der Waals surface area contributed by atoms with Gasteiger partial charge in [0.2, 0.25) is 5.91 Å². The van der Waals surface area contributed by atoms with Crippen LogP contribution < -0.4 is 4.90 Å². The average Bonchev–Trinajstić information content (AvgIpc) is 2.27. The molecule has 1 rings (SSSR count). The quantitative estimate of drug-likeness (QED) is 0.710. The van der Waals surface area contributed by atoms with Gasteiger partial charge in [-0.3, -0.25) is 9.59 Å². The van der Waals surface area contributed by atoms with Crippen LogP contribution in [0.3, 0.4) is 0 Å². The second-order valence-corrected chi connectivity index (χ2v) is 3.41. The summed E-state index contributed by atoms with van der Waals surface area (Å²) in [4.78, 5) is 24.2. The van der Waals surface area contributed by atoms with Crippen LogP contribution in [-0.4, -0.2) is 18.7 Å². The van der Waals surface area contributed by atoms with Crippen molar-refractivity contribution in [2.75, 3.05) is 11.9 Å². The molecule has 0 radical (unpaired) electrons. The second kappa shape index (κ2) is 4.73. The minimum atomic E-state index is 0.00852. The molecule has 0 spiro atoms. The lowest BCUT2D eigenvalue weighted by Crippen LogP contribution is -2.25. The van der Waals surface area contributed by atoms with Crippen molar-refractivity contribution in [3.63, 3.8) is 0 Å². The third-order valence-electron chi connectivity index (χ3n) is 2.32. The van der Waals surface area contributed by atoms with Crippen LogP contribution in [-0.2, 0) is 4.79 Å². The van der Waals surface area contributed by atoms with Gasteiger partial charge >= 0.3 is 0 Å². The Balaban J connectivity index is 3.00. The monoisotopic (exact) mass is 205 g/mol. The van der Waals surface area contributed by atoms with Crippen molar-refractivity contribution >= 4 is 17.4 Å². The van der Waals surface area contributed by atoms with Crippen LogP contribution in [0.25, 0.3) is 0 Å². The Morgan fingerprint density at radius 1 is 1.33 bits per heavy atom. The van der Waals surface area contributed by atoms with Gasteiger partial charge in [0.05, 0.1) is 0 Å². The molecule has 0 heterocycles. The Morgan fingerprint density at radius 2 is 2.00 bits per heavy atom. The average molecular weight is 205 g/mol. The lowest BCUT2D eigenvalue weighted by atomic mass is 10.1. The number of carbonyl (C=O) groups is 2. The van der Waals surface area contributed by atoms with Crippen LogP contribution in [0.15, 0.2) is 24.3 Å². The molecule has 1 aromatic rings. The van der Waals surface area contributed by atoms with Crippen molar-refractivity contribution in [1.82, 2.24) is 0 Å². The maximum Gasteiger partial charge on any atom is 0.226 e. The lowest BCUT2D eigenvalue weighted by Gasteiger charge is -2.16. The summed E-state index contributed by atoms with van der Waals surface area (Å²) in [5.74, 6) is 0.0462. The molecule has 1 aromatic carbocycles. The van der Waals surface area contributed by atoms with Crippen LogP contribution in [0.1, 0.15) is 30.6 Å². The molecule has 0 aliphatic heterocycles. The molecule has 0 atom stereocenters. The SMILES string of the molecule is CCC(=O)N(C)c1cccc(C(C)=O)c1. The number of hydrogen-bond acceptors (Lipinski definition) is 2. The van der Waals surface area contributed by atoms with Gasteiger partial charge in [0.15, 0.2) is 5.78 Å². The van der Waals surface area contributed by atoms with Crippen LogP contribution in [0.2, 0.25) is 0 Å². The first-order valence-corrected chi connectivity index (χ1v) is 4.93. The minimum Gasteiger partial charge on any atom is -0.315 e. The van der Waals surface area contributed by atoms with E-state index in [0.29, 0.717) is 12.0 Å². The van der Waals surface area contributed by atoms with Gasteiger partial charge in [0.25, 0.3) is 0 Å². The van der Waals surface area contributed by atoms with Crippen molar-refractivity contribution in [3.05, 3.63) is 29.8 Å². The zero-order chi connectivity index (χ0) is 11.4. The normalized spacial score (nSPS) is 9.80. The van der Waals surface area contributed by atoms with E-state index in [4.69, 9.17) is 0 Å². The Hall–Kier alpha value is -1.64. The van der Waals surface area contributed by atoms with E-state index in [2.05, 4.69) is 0 Å². The fourth-order valence-corrected chi connectivity index (χ4v) is 1.31. The van der Waals surface area contributed by atoms with Gasteiger partial charge in [-0.05, 0) is 19.1 Å². The van der Waals surface area contributed by atoms with E-state index < -0.39 is 0 Å². The molecule has 0 aliphatic carbocycles. The van der Waals surface area contributed by atoms with E-state index in [0.717, 1.165) is 5.69 Å². The zero-order valence-corrected chi connectivity index (χ0v) is 9.28. The summed E-state index contributed by atoms with van der Waals surface area (Å²) in [7, 11) is 1.71. The molecule has 0 fully saturated rings. The topological polar surface area (TPSA) is 37.4 Å². The molecule has 0 aromatic heterocycles. The van der Waals surface area contributed by atoms with Gasteiger partial charge in [-0.15, -0.1) is 0 Å². The molecule has 0 unspecified atom stereocenters. The summed E-state index contributed by atoms with van der Waals surface area (Å²) in [6, 6.07) is 7.08. The molecular formula is C12H15NO2. The van der Waals surface area contributed by atoms with Crippen molar-refractivity contribution in [2.45, 2.75) is 20.3 Å². The molecule has 0 N–H and O–H groups in total.